The molecule has 1 aromatic carbocycles. The van der Waals surface area contributed by atoms with E-state index in [0.717, 1.165) is 48.7 Å². The molecule has 6 nitrogen and oxygen atoms in total. The number of ether oxygens (including phenoxy) is 1. The van der Waals surface area contributed by atoms with Crippen LogP contribution in [-0.4, -0.2) is 41.2 Å². The Morgan fingerprint density at radius 3 is 2.81 bits per heavy atom. The molecule has 1 saturated heterocycles. The summed E-state index contributed by atoms with van der Waals surface area (Å²) in [6.07, 6.45) is 4.17. The number of H-pyrrole nitrogens is 1. The minimum absolute atomic E-state index is 0.0587. The molecule has 1 saturated carbocycles. The second kappa shape index (κ2) is 8.01. The van der Waals surface area contributed by atoms with Crippen molar-refractivity contribution in [2.45, 2.75) is 63.6 Å². The van der Waals surface area contributed by atoms with Crippen molar-refractivity contribution in [1.82, 2.24) is 9.88 Å². The standard InChI is InChI=1S/C26H35N3O3/c1-15-4-7-19(32-3)12-21(15)26-8-9-29(14-17-5-6-17)16(2)22(26)11-18-10-20(24(27)30)25(31)28-23(18)13-26/h4,7,10,12,16-17,22,24,30H,5-6,8-9,11,13-14,27H2,1-3H3,(H,28,31). The van der Waals surface area contributed by atoms with Gasteiger partial charge >= 0.3 is 0 Å². The Morgan fingerprint density at radius 1 is 1.34 bits per heavy atom. The lowest BCUT2D eigenvalue weighted by molar-refractivity contribution is 0.0245. The van der Waals surface area contributed by atoms with Crippen LogP contribution >= 0.6 is 0 Å². The Bertz CT molecular complexity index is 1070. The fourth-order valence-corrected chi connectivity index (χ4v) is 6.36. The molecule has 5 rings (SSSR count). The first kappa shape index (κ1) is 21.7. The van der Waals surface area contributed by atoms with Crippen LogP contribution in [0.2, 0.25) is 0 Å². The predicted molar refractivity (Wildman–Crippen MR) is 125 cm³/mol. The number of aryl methyl sites for hydroxylation is 1. The van der Waals surface area contributed by atoms with Gasteiger partial charge in [0.1, 0.15) is 12.0 Å². The van der Waals surface area contributed by atoms with Gasteiger partial charge in [-0.3, -0.25) is 4.79 Å². The molecule has 0 bridgehead atoms. The van der Waals surface area contributed by atoms with Crippen molar-refractivity contribution in [2.24, 2.45) is 17.6 Å². The van der Waals surface area contributed by atoms with Crippen molar-refractivity contribution >= 4 is 0 Å². The average Bonchev–Trinajstić information content (AvgIpc) is 3.59. The Balaban J connectivity index is 1.63. The minimum atomic E-state index is -1.26. The summed E-state index contributed by atoms with van der Waals surface area (Å²) in [5.74, 6) is 2.14. The molecule has 6 heteroatoms. The van der Waals surface area contributed by atoms with Crippen LogP contribution in [0, 0.1) is 18.8 Å². The van der Waals surface area contributed by atoms with Gasteiger partial charge in [-0.05, 0) is 99.2 Å². The van der Waals surface area contributed by atoms with Crippen LogP contribution in [0.5, 0.6) is 5.75 Å². The molecule has 3 aliphatic rings. The molecule has 2 aromatic rings. The number of piperidine rings is 1. The highest BCUT2D eigenvalue weighted by molar-refractivity contribution is 5.45. The van der Waals surface area contributed by atoms with Crippen LogP contribution in [0.25, 0.3) is 0 Å². The molecule has 1 aromatic heterocycles. The third-order valence-electron chi connectivity index (χ3n) is 8.38. The Labute approximate surface area is 189 Å². The summed E-state index contributed by atoms with van der Waals surface area (Å²) in [6, 6.07) is 8.68. The molecular formula is C26H35N3O3. The molecule has 1 aliphatic heterocycles. The molecule has 2 fully saturated rings. The number of benzene rings is 1. The Morgan fingerprint density at radius 2 is 2.12 bits per heavy atom. The number of aliphatic hydroxyl groups excluding tert-OH is 1. The van der Waals surface area contributed by atoms with Crippen LogP contribution < -0.4 is 16.0 Å². The van der Waals surface area contributed by atoms with Gasteiger partial charge < -0.3 is 25.5 Å². The molecule has 0 amide bonds. The third kappa shape index (κ3) is 3.58. The number of nitrogens with one attached hydrogen (secondary N) is 1. The zero-order valence-electron chi connectivity index (χ0n) is 19.4. The first-order chi connectivity index (χ1) is 15.3. The number of hydrogen-bond acceptors (Lipinski definition) is 5. The topological polar surface area (TPSA) is 91.6 Å². The van der Waals surface area contributed by atoms with Crippen molar-refractivity contribution in [3.8, 4) is 5.75 Å². The first-order valence-electron chi connectivity index (χ1n) is 11.9. The number of fused-ring (bicyclic) bond motifs is 2. The van der Waals surface area contributed by atoms with Crippen molar-refractivity contribution < 1.29 is 9.84 Å². The lowest BCUT2D eigenvalue weighted by Crippen LogP contribution is -2.59. The number of nitrogens with two attached hydrogens (primary N) is 1. The van der Waals surface area contributed by atoms with E-state index in [-0.39, 0.29) is 16.5 Å². The highest BCUT2D eigenvalue weighted by Gasteiger charge is 2.51. The maximum absolute atomic E-state index is 12.6. The van der Waals surface area contributed by atoms with Gasteiger partial charge in [0.2, 0.25) is 0 Å². The van der Waals surface area contributed by atoms with Gasteiger partial charge in [0.05, 0.1) is 12.7 Å². The van der Waals surface area contributed by atoms with E-state index < -0.39 is 6.23 Å². The molecule has 0 radical (unpaired) electrons. The van der Waals surface area contributed by atoms with Crippen molar-refractivity contribution in [1.29, 1.82) is 0 Å². The van der Waals surface area contributed by atoms with E-state index in [1.54, 1.807) is 7.11 Å². The SMILES string of the molecule is COc1ccc(C)c(C23CCN(CC4CC4)C(C)C2Cc2cc(C(N)O)c(=O)[nH]c2C3)c1. The number of hydrogen-bond donors (Lipinski definition) is 3. The number of nitrogens with zero attached hydrogens (tertiary/aromatic N) is 1. The molecule has 0 spiro atoms. The van der Waals surface area contributed by atoms with Gasteiger partial charge in [0.25, 0.3) is 5.56 Å². The molecule has 172 valence electrons. The number of aromatic nitrogens is 1. The zero-order valence-corrected chi connectivity index (χ0v) is 19.4. The smallest absolute Gasteiger partial charge is 0.255 e. The number of methoxy groups -OCH3 is 1. The number of likely N-dealkylation sites (tertiary alicyclic amines) is 1. The van der Waals surface area contributed by atoms with Gasteiger partial charge in [0, 0.05) is 23.7 Å². The monoisotopic (exact) mass is 437 g/mol. The normalized spacial score (nSPS) is 28.7. The van der Waals surface area contributed by atoms with Crippen LogP contribution in [0.4, 0.5) is 0 Å². The van der Waals surface area contributed by atoms with Crippen molar-refractivity contribution in [3.63, 3.8) is 0 Å². The van der Waals surface area contributed by atoms with E-state index in [2.05, 4.69) is 35.9 Å². The fraction of sp³-hybridized carbons (Fsp3) is 0.577. The molecule has 2 heterocycles. The Kier molecular flexibility index (Phi) is 5.43. The molecule has 32 heavy (non-hydrogen) atoms. The van der Waals surface area contributed by atoms with Gasteiger partial charge in [-0.15, -0.1) is 0 Å². The largest absolute Gasteiger partial charge is 0.497 e. The zero-order chi connectivity index (χ0) is 22.6. The molecule has 2 aliphatic carbocycles. The lowest BCUT2D eigenvalue weighted by atomic mass is 9.55. The van der Waals surface area contributed by atoms with E-state index in [1.807, 2.05) is 12.1 Å². The molecule has 4 atom stereocenters. The van der Waals surface area contributed by atoms with Crippen LogP contribution in [0.3, 0.4) is 0 Å². The van der Waals surface area contributed by atoms with E-state index in [4.69, 9.17) is 10.5 Å². The third-order valence-corrected chi connectivity index (χ3v) is 8.38. The van der Waals surface area contributed by atoms with Crippen molar-refractivity contribution in [3.05, 3.63) is 62.6 Å². The first-order valence-corrected chi connectivity index (χ1v) is 11.9. The number of rotatable bonds is 5. The summed E-state index contributed by atoms with van der Waals surface area (Å²) < 4.78 is 5.61. The Hall–Kier alpha value is -2.15. The summed E-state index contributed by atoms with van der Waals surface area (Å²) in [4.78, 5) is 18.4. The van der Waals surface area contributed by atoms with Gasteiger partial charge in [-0.2, -0.15) is 0 Å². The number of aromatic amines is 1. The second-order valence-electron chi connectivity index (χ2n) is 10.3. The summed E-state index contributed by atoms with van der Waals surface area (Å²) in [5, 5.41) is 9.90. The number of pyridine rings is 1. The van der Waals surface area contributed by atoms with Gasteiger partial charge in [0.15, 0.2) is 0 Å². The van der Waals surface area contributed by atoms with E-state index in [0.29, 0.717) is 12.0 Å². The minimum Gasteiger partial charge on any atom is -0.497 e. The fourth-order valence-electron chi connectivity index (χ4n) is 6.36. The lowest BCUT2D eigenvalue weighted by Gasteiger charge is -2.55. The molecular weight excluding hydrogens is 402 g/mol. The highest BCUT2D eigenvalue weighted by atomic mass is 16.5. The summed E-state index contributed by atoms with van der Waals surface area (Å²) >= 11 is 0. The summed E-state index contributed by atoms with van der Waals surface area (Å²) in [7, 11) is 1.72. The van der Waals surface area contributed by atoms with Crippen LogP contribution in [0.15, 0.2) is 29.1 Å². The van der Waals surface area contributed by atoms with Crippen LogP contribution in [-0.2, 0) is 18.3 Å². The molecule has 4 unspecified atom stereocenters. The number of aliphatic hydroxyl groups is 1. The van der Waals surface area contributed by atoms with Crippen LogP contribution in [0.1, 0.15) is 60.4 Å². The summed E-state index contributed by atoms with van der Waals surface area (Å²) in [5.41, 5.74) is 10.3. The second-order valence-corrected chi connectivity index (χ2v) is 10.3. The van der Waals surface area contributed by atoms with Crippen molar-refractivity contribution in [2.75, 3.05) is 20.2 Å². The predicted octanol–water partition coefficient (Wildman–Crippen LogP) is 2.80. The average molecular weight is 438 g/mol. The maximum atomic E-state index is 12.6. The maximum Gasteiger partial charge on any atom is 0.255 e. The van der Waals surface area contributed by atoms with E-state index >= 15 is 0 Å². The van der Waals surface area contributed by atoms with E-state index in [1.165, 1.54) is 30.5 Å². The van der Waals surface area contributed by atoms with E-state index in [9.17, 15) is 9.90 Å². The quantitative estimate of drug-likeness (QED) is 0.626. The van der Waals surface area contributed by atoms with Gasteiger partial charge in [-0.25, -0.2) is 0 Å². The highest BCUT2D eigenvalue weighted by Crippen LogP contribution is 2.51. The van der Waals surface area contributed by atoms with Gasteiger partial charge in [-0.1, -0.05) is 6.07 Å². The summed E-state index contributed by atoms with van der Waals surface area (Å²) in [6.45, 7) is 6.83. The molecule has 4 N–H and O–H groups in total.